The van der Waals surface area contributed by atoms with Gasteiger partial charge in [0.1, 0.15) is 12.4 Å². The molecule has 160 valence electrons. The highest BCUT2D eigenvalue weighted by Crippen LogP contribution is 2.28. The Morgan fingerprint density at radius 2 is 1.94 bits per heavy atom. The smallest absolute Gasteiger partial charge is 0.155 e. The largest absolute Gasteiger partial charge is 0.490 e. The van der Waals surface area contributed by atoms with Gasteiger partial charge in [0.15, 0.2) is 5.82 Å². The van der Waals surface area contributed by atoms with E-state index in [4.69, 9.17) is 15.2 Å². The van der Waals surface area contributed by atoms with E-state index >= 15 is 0 Å². The van der Waals surface area contributed by atoms with Crippen molar-refractivity contribution in [3.8, 4) is 16.9 Å². The first kappa shape index (κ1) is 20.8. The van der Waals surface area contributed by atoms with Crippen molar-refractivity contribution in [1.29, 1.82) is 0 Å². The van der Waals surface area contributed by atoms with Crippen molar-refractivity contribution in [2.75, 3.05) is 32.2 Å². The van der Waals surface area contributed by atoms with E-state index in [1.165, 1.54) is 5.56 Å². The third-order valence-corrected chi connectivity index (χ3v) is 5.01. The highest BCUT2D eigenvalue weighted by atomic mass is 16.5. The van der Waals surface area contributed by atoms with E-state index in [0.29, 0.717) is 25.5 Å². The van der Waals surface area contributed by atoms with Crippen molar-refractivity contribution >= 4 is 16.7 Å². The number of nitrogens with one attached hydrogen (secondary N) is 2. The second-order valence-electron chi connectivity index (χ2n) is 7.42. The van der Waals surface area contributed by atoms with Gasteiger partial charge in [0.25, 0.3) is 0 Å². The third-order valence-electron chi connectivity index (χ3n) is 5.01. The Hall–Kier alpha value is -3.42. The number of rotatable bonds is 10. The number of methoxy groups -OCH3 is 1. The van der Waals surface area contributed by atoms with E-state index in [0.717, 1.165) is 34.3 Å². The Morgan fingerprint density at radius 3 is 2.77 bits per heavy atom. The summed E-state index contributed by atoms with van der Waals surface area (Å²) in [6.07, 6.45) is 4.31. The highest BCUT2D eigenvalue weighted by molar-refractivity contribution is 5.93. The lowest BCUT2D eigenvalue weighted by Crippen LogP contribution is -2.30. The maximum absolute atomic E-state index is 6.25. The SMILES string of the molecule is COCCNc1n[nH]c2ccc(-c3cncc(OCC(N)Cc4ccccc4)c3)cc12. The maximum Gasteiger partial charge on any atom is 0.155 e. The van der Waals surface area contributed by atoms with E-state index in [1.807, 2.05) is 42.6 Å². The summed E-state index contributed by atoms with van der Waals surface area (Å²) in [6, 6.07) is 18.2. The Labute approximate surface area is 181 Å². The number of hydrogen-bond donors (Lipinski definition) is 3. The van der Waals surface area contributed by atoms with Crippen LogP contribution in [0.5, 0.6) is 5.75 Å². The Kier molecular flexibility index (Phi) is 6.76. The fraction of sp³-hybridized carbons (Fsp3) is 0.250. The average molecular weight is 418 g/mol. The molecule has 2 heterocycles. The molecular formula is C24H27N5O2. The molecule has 0 saturated heterocycles. The van der Waals surface area contributed by atoms with Crippen molar-refractivity contribution in [3.05, 3.63) is 72.6 Å². The monoisotopic (exact) mass is 417 g/mol. The minimum Gasteiger partial charge on any atom is -0.490 e. The van der Waals surface area contributed by atoms with Gasteiger partial charge in [-0.1, -0.05) is 36.4 Å². The van der Waals surface area contributed by atoms with E-state index < -0.39 is 0 Å². The summed E-state index contributed by atoms with van der Waals surface area (Å²) in [5.74, 6) is 1.51. The Bertz CT molecular complexity index is 1110. The molecule has 0 amide bonds. The summed E-state index contributed by atoms with van der Waals surface area (Å²) in [5.41, 5.74) is 10.4. The van der Waals surface area contributed by atoms with Gasteiger partial charge in [0.2, 0.25) is 0 Å². The molecule has 0 aliphatic carbocycles. The highest BCUT2D eigenvalue weighted by Gasteiger charge is 2.10. The second kappa shape index (κ2) is 10.1. The lowest BCUT2D eigenvalue weighted by molar-refractivity contribution is 0.210. The summed E-state index contributed by atoms with van der Waals surface area (Å²) in [5, 5.41) is 11.7. The van der Waals surface area contributed by atoms with Crippen molar-refractivity contribution in [2.24, 2.45) is 5.73 Å². The summed E-state index contributed by atoms with van der Waals surface area (Å²) in [6.45, 7) is 1.73. The fourth-order valence-corrected chi connectivity index (χ4v) is 3.43. The molecule has 0 fully saturated rings. The molecule has 0 radical (unpaired) electrons. The molecule has 4 rings (SSSR count). The van der Waals surface area contributed by atoms with Crippen molar-refractivity contribution in [2.45, 2.75) is 12.5 Å². The minimum absolute atomic E-state index is 0.0888. The van der Waals surface area contributed by atoms with E-state index in [1.54, 1.807) is 13.3 Å². The molecule has 0 aliphatic heterocycles. The lowest BCUT2D eigenvalue weighted by Gasteiger charge is -2.14. The van der Waals surface area contributed by atoms with Gasteiger partial charge in [-0.25, -0.2) is 0 Å². The first-order valence-corrected chi connectivity index (χ1v) is 10.3. The standard InChI is InChI=1S/C24H27N5O2/c1-30-10-9-27-24-22-13-18(7-8-23(22)28-29-24)19-12-21(15-26-14-19)31-16-20(25)11-17-5-3-2-4-6-17/h2-8,12-15,20H,9-11,16,25H2,1H3,(H2,27,28,29). The van der Waals surface area contributed by atoms with Crippen molar-refractivity contribution in [3.63, 3.8) is 0 Å². The van der Waals surface area contributed by atoms with Crippen LogP contribution in [-0.4, -0.2) is 48.1 Å². The molecular weight excluding hydrogens is 390 g/mol. The van der Waals surface area contributed by atoms with Gasteiger partial charge in [-0.2, -0.15) is 5.10 Å². The zero-order chi connectivity index (χ0) is 21.5. The minimum atomic E-state index is -0.0888. The molecule has 2 aromatic heterocycles. The molecule has 1 atom stereocenters. The molecule has 4 N–H and O–H groups in total. The van der Waals surface area contributed by atoms with E-state index in [-0.39, 0.29) is 6.04 Å². The van der Waals surface area contributed by atoms with Crippen LogP contribution in [0.1, 0.15) is 5.56 Å². The zero-order valence-electron chi connectivity index (χ0n) is 17.5. The second-order valence-corrected chi connectivity index (χ2v) is 7.42. The van der Waals surface area contributed by atoms with Crippen LogP contribution in [0, 0.1) is 0 Å². The molecule has 0 bridgehead atoms. The Balaban J connectivity index is 1.45. The quantitative estimate of drug-likeness (QED) is 0.341. The van der Waals surface area contributed by atoms with Crippen LogP contribution >= 0.6 is 0 Å². The van der Waals surface area contributed by atoms with E-state index in [9.17, 15) is 0 Å². The van der Waals surface area contributed by atoms with Crippen LogP contribution in [0.4, 0.5) is 5.82 Å². The predicted molar refractivity (Wildman–Crippen MR) is 123 cm³/mol. The van der Waals surface area contributed by atoms with E-state index in [2.05, 4.69) is 38.7 Å². The molecule has 4 aromatic rings. The van der Waals surface area contributed by atoms with Crippen molar-refractivity contribution in [1.82, 2.24) is 15.2 Å². The molecule has 0 aliphatic rings. The summed E-state index contributed by atoms with van der Waals surface area (Å²) < 4.78 is 11.0. The number of benzene rings is 2. The fourth-order valence-electron chi connectivity index (χ4n) is 3.43. The molecule has 0 saturated carbocycles. The number of aromatic nitrogens is 3. The van der Waals surface area contributed by atoms with Crippen LogP contribution in [-0.2, 0) is 11.2 Å². The summed E-state index contributed by atoms with van der Waals surface area (Å²) in [7, 11) is 1.68. The van der Waals surface area contributed by atoms with Gasteiger partial charge in [-0.05, 0) is 35.7 Å². The molecule has 1 unspecified atom stereocenters. The molecule has 31 heavy (non-hydrogen) atoms. The number of fused-ring (bicyclic) bond motifs is 1. The number of H-pyrrole nitrogens is 1. The normalized spacial score (nSPS) is 12.1. The molecule has 2 aromatic carbocycles. The van der Waals surface area contributed by atoms with Crippen LogP contribution in [0.15, 0.2) is 67.0 Å². The van der Waals surface area contributed by atoms with Gasteiger partial charge in [-0.3, -0.25) is 10.1 Å². The predicted octanol–water partition coefficient (Wildman–Crippen LogP) is 3.63. The lowest BCUT2D eigenvalue weighted by atomic mass is 10.1. The summed E-state index contributed by atoms with van der Waals surface area (Å²) >= 11 is 0. The van der Waals surface area contributed by atoms with Crippen LogP contribution in [0.2, 0.25) is 0 Å². The van der Waals surface area contributed by atoms with Gasteiger partial charge in [-0.15, -0.1) is 0 Å². The number of nitrogens with two attached hydrogens (primary N) is 1. The molecule has 7 heteroatoms. The van der Waals surface area contributed by atoms with Crippen LogP contribution in [0.25, 0.3) is 22.0 Å². The topological polar surface area (TPSA) is 98.1 Å². The number of hydrogen-bond acceptors (Lipinski definition) is 6. The average Bonchev–Trinajstić information content (AvgIpc) is 3.21. The third kappa shape index (κ3) is 5.39. The number of aromatic amines is 1. The first-order valence-electron chi connectivity index (χ1n) is 10.3. The van der Waals surface area contributed by atoms with Gasteiger partial charge >= 0.3 is 0 Å². The Morgan fingerprint density at radius 1 is 1.06 bits per heavy atom. The molecule has 7 nitrogen and oxygen atoms in total. The number of ether oxygens (including phenoxy) is 2. The van der Waals surface area contributed by atoms with Gasteiger partial charge in [0, 0.05) is 36.8 Å². The number of anilines is 1. The molecule has 0 spiro atoms. The zero-order valence-corrected chi connectivity index (χ0v) is 17.5. The summed E-state index contributed by atoms with van der Waals surface area (Å²) in [4.78, 5) is 4.35. The number of pyridine rings is 1. The van der Waals surface area contributed by atoms with Crippen LogP contribution < -0.4 is 15.8 Å². The van der Waals surface area contributed by atoms with Crippen LogP contribution in [0.3, 0.4) is 0 Å². The number of nitrogens with zero attached hydrogens (tertiary/aromatic N) is 2. The first-order chi connectivity index (χ1) is 15.2. The van der Waals surface area contributed by atoms with Gasteiger partial charge < -0.3 is 20.5 Å². The maximum atomic E-state index is 6.25. The van der Waals surface area contributed by atoms with Gasteiger partial charge in [0.05, 0.1) is 18.3 Å². The van der Waals surface area contributed by atoms with Crippen molar-refractivity contribution < 1.29 is 9.47 Å².